The van der Waals surface area contributed by atoms with Gasteiger partial charge in [0.1, 0.15) is 6.61 Å². The summed E-state index contributed by atoms with van der Waals surface area (Å²) >= 11 is 12.3. The van der Waals surface area contributed by atoms with Crippen LogP contribution in [0.1, 0.15) is 5.56 Å². The van der Waals surface area contributed by atoms with Gasteiger partial charge in [-0.3, -0.25) is 0 Å². The van der Waals surface area contributed by atoms with Gasteiger partial charge in [-0.1, -0.05) is 47.5 Å². The Hall–Kier alpha value is -1.75. The Kier molecular flexibility index (Phi) is 6.07. The van der Waals surface area contributed by atoms with Crippen LogP contribution in [0.4, 0.5) is 11.4 Å². The van der Waals surface area contributed by atoms with E-state index in [-0.39, 0.29) is 6.61 Å². The van der Waals surface area contributed by atoms with Gasteiger partial charge in [-0.15, -0.1) is 0 Å². The highest BCUT2D eigenvalue weighted by molar-refractivity contribution is 6.39. The van der Waals surface area contributed by atoms with Crippen LogP contribution in [0.5, 0.6) is 0 Å². The van der Waals surface area contributed by atoms with Crippen molar-refractivity contribution in [3.63, 3.8) is 0 Å². The standard InChI is InChI=1S/C16H15Cl2NO3/c17-12-5-3-6-13(18)16(12)19-14-7-2-1-4-11(14)8-9-22-10-15(20)21/h1-7,19H,8-10H2,(H,20,21). The lowest BCUT2D eigenvalue weighted by atomic mass is 10.1. The monoisotopic (exact) mass is 339 g/mol. The maximum Gasteiger partial charge on any atom is 0.329 e. The first kappa shape index (κ1) is 16.6. The number of para-hydroxylation sites is 2. The number of halogens is 2. The molecule has 0 amide bonds. The molecular weight excluding hydrogens is 325 g/mol. The van der Waals surface area contributed by atoms with Crippen molar-refractivity contribution in [1.29, 1.82) is 0 Å². The lowest BCUT2D eigenvalue weighted by Crippen LogP contribution is -2.09. The third-order valence-corrected chi connectivity index (χ3v) is 3.61. The smallest absolute Gasteiger partial charge is 0.329 e. The average molecular weight is 340 g/mol. The number of hydrogen-bond acceptors (Lipinski definition) is 3. The lowest BCUT2D eigenvalue weighted by Gasteiger charge is -2.14. The van der Waals surface area contributed by atoms with Gasteiger partial charge in [0.15, 0.2) is 0 Å². The number of aliphatic carboxylic acids is 1. The minimum absolute atomic E-state index is 0.300. The van der Waals surface area contributed by atoms with E-state index in [1.807, 2.05) is 24.3 Å². The van der Waals surface area contributed by atoms with E-state index in [1.54, 1.807) is 18.2 Å². The third-order valence-electron chi connectivity index (χ3n) is 2.98. The number of nitrogens with one attached hydrogen (secondary N) is 1. The van der Waals surface area contributed by atoms with Gasteiger partial charge in [0.05, 0.1) is 22.3 Å². The van der Waals surface area contributed by atoms with Gasteiger partial charge in [0.25, 0.3) is 0 Å². The maximum absolute atomic E-state index is 10.4. The molecule has 0 heterocycles. The van der Waals surface area contributed by atoms with Crippen LogP contribution in [0, 0.1) is 0 Å². The molecule has 2 aromatic carbocycles. The zero-order valence-electron chi connectivity index (χ0n) is 11.7. The van der Waals surface area contributed by atoms with Gasteiger partial charge < -0.3 is 15.2 Å². The fourth-order valence-corrected chi connectivity index (χ4v) is 2.45. The summed E-state index contributed by atoms with van der Waals surface area (Å²) in [5, 5.41) is 12.8. The molecule has 0 atom stereocenters. The molecule has 6 heteroatoms. The molecule has 116 valence electrons. The molecular formula is C16H15Cl2NO3. The number of benzene rings is 2. The van der Waals surface area contributed by atoms with Crippen LogP contribution < -0.4 is 5.32 Å². The molecule has 0 fully saturated rings. The number of carboxylic acid groups (broad SMARTS) is 1. The van der Waals surface area contributed by atoms with E-state index in [0.29, 0.717) is 28.8 Å². The van der Waals surface area contributed by atoms with E-state index in [2.05, 4.69) is 5.32 Å². The maximum atomic E-state index is 10.4. The van der Waals surface area contributed by atoms with Crippen LogP contribution in [0.2, 0.25) is 10.0 Å². The summed E-state index contributed by atoms with van der Waals surface area (Å²) in [4.78, 5) is 10.4. The summed E-state index contributed by atoms with van der Waals surface area (Å²) in [6.07, 6.45) is 0.582. The number of carbonyl (C=O) groups is 1. The lowest BCUT2D eigenvalue weighted by molar-refractivity contribution is -0.142. The van der Waals surface area contributed by atoms with Gasteiger partial charge in [0.2, 0.25) is 0 Å². The third kappa shape index (κ3) is 4.63. The van der Waals surface area contributed by atoms with Crippen LogP contribution in [0.3, 0.4) is 0 Å². The molecule has 2 rings (SSSR count). The second-order valence-electron chi connectivity index (χ2n) is 4.58. The van der Waals surface area contributed by atoms with Gasteiger partial charge >= 0.3 is 5.97 Å². The van der Waals surface area contributed by atoms with Crippen LogP contribution >= 0.6 is 23.2 Å². The van der Waals surface area contributed by atoms with Crippen molar-refractivity contribution in [1.82, 2.24) is 0 Å². The molecule has 0 aromatic heterocycles. The number of carboxylic acids is 1. The van der Waals surface area contributed by atoms with Crippen molar-refractivity contribution in [3.8, 4) is 0 Å². The fraction of sp³-hybridized carbons (Fsp3) is 0.188. The zero-order chi connectivity index (χ0) is 15.9. The molecule has 2 aromatic rings. The summed E-state index contributed by atoms with van der Waals surface area (Å²) in [7, 11) is 0. The number of rotatable bonds is 7. The molecule has 0 saturated heterocycles. The van der Waals surface area contributed by atoms with Crippen LogP contribution in [0.25, 0.3) is 0 Å². The molecule has 0 bridgehead atoms. The van der Waals surface area contributed by atoms with Crippen molar-refractivity contribution >= 4 is 40.5 Å². The van der Waals surface area contributed by atoms with Crippen molar-refractivity contribution in [2.45, 2.75) is 6.42 Å². The van der Waals surface area contributed by atoms with Crippen molar-refractivity contribution < 1.29 is 14.6 Å². The molecule has 0 saturated carbocycles. The molecule has 0 unspecified atom stereocenters. The van der Waals surface area contributed by atoms with E-state index in [9.17, 15) is 4.79 Å². The van der Waals surface area contributed by atoms with Crippen LogP contribution in [0.15, 0.2) is 42.5 Å². The Balaban J connectivity index is 2.10. The SMILES string of the molecule is O=C(O)COCCc1ccccc1Nc1c(Cl)cccc1Cl. The van der Waals surface area contributed by atoms with E-state index in [1.165, 1.54) is 0 Å². The summed E-state index contributed by atoms with van der Waals surface area (Å²) in [5.41, 5.74) is 2.49. The highest BCUT2D eigenvalue weighted by Gasteiger charge is 2.08. The van der Waals surface area contributed by atoms with Gasteiger partial charge in [-0.2, -0.15) is 0 Å². The van der Waals surface area contributed by atoms with Crippen molar-refractivity contribution in [3.05, 3.63) is 58.1 Å². The van der Waals surface area contributed by atoms with E-state index >= 15 is 0 Å². The highest BCUT2D eigenvalue weighted by Crippen LogP contribution is 2.33. The normalized spacial score (nSPS) is 10.5. The second kappa shape index (κ2) is 8.03. The molecule has 0 aliphatic carbocycles. The minimum Gasteiger partial charge on any atom is -0.480 e. The molecule has 0 aliphatic rings. The summed E-state index contributed by atoms with van der Waals surface area (Å²) in [5.74, 6) is -0.978. The summed E-state index contributed by atoms with van der Waals surface area (Å²) in [6.45, 7) is 0.0210. The largest absolute Gasteiger partial charge is 0.480 e. The molecule has 0 spiro atoms. The fourth-order valence-electron chi connectivity index (χ4n) is 1.95. The molecule has 2 N–H and O–H groups in total. The Labute approximate surface area is 138 Å². The van der Waals surface area contributed by atoms with E-state index < -0.39 is 5.97 Å². The highest BCUT2D eigenvalue weighted by atomic mass is 35.5. The second-order valence-corrected chi connectivity index (χ2v) is 5.39. The van der Waals surface area contributed by atoms with Gasteiger partial charge in [-0.25, -0.2) is 4.79 Å². The Bertz CT molecular complexity index is 641. The Morgan fingerprint density at radius 1 is 1.09 bits per heavy atom. The quantitative estimate of drug-likeness (QED) is 0.735. The first-order valence-electron chi connectivity index (χ1n) is 6.66. The minimum atomic E-state index is -0.978. The Morgan fingerprint density at radius 2 is 1.77 bits per heavy atom. The number of ether oxygens (including phenoxy) is 1. The number of anilines is 2. The predicted octanol–water partition coefficient (Wildman–Crippen LogP) is 4.38. The molecule has 0 aliphatic heterocycles. The van der Waals surface area contributed by atoms with Crippen molar-refractivity contribution in [2.75, 3.05) is 18.5 Å². The van der Waals surface area contributed by atoms with Gasteiger partial charge in [0, 0.05) is 5.69 Å². The van der Waals surface area contributed by atoms with Gasteiger partial charge in [-0.05, 0) is 30.2 Å². The van der Waals surface area contributed by atoms with Crippen LogP contribution in [-0.2, 0) is 16.0 Å². The average Bonchev–Trinajstić information content (AvgIpc) is 2.48. The van der Waals surface area contributed by atoms with Crippen molar-refractivity contribution in [2.24, 2.45) is 0 Å². The summed E-state index contributed by atoms with van der Waals surface area (Å²) < 4.78 is 5.07. The first-order valence-corrected chi connectivity index (χ1v) is 7.42. The molecule has 22 heavy (non-hydrogen) atoms. The van der Waals surface area contributed by atoms with E-state index in [0.717, 1.165) is 11.3 Å². The van der Waals surface area contributed by atoms with Crippen LogP contribution in [-0.4, -0.2) is 24.3 Å². The Morgan fingerprint density at radius 3 is 2.45 bits per heavy atom. The summed E-state index contributed by atoms with van der Waals surface area (Å²) in [6, 6.07) is 13.0. The molecule has 4 nitrogen and oxygen atoms in total. The van der Waals surface area contributed by atoms with E-state index in [4.69, 9.17) is 33.0 Å². The molecule has 0 radical (unpaired) electrons. The predicted molar refractivity (Wildman–Crippen MR) is 88.3 cm³/mol. The number of hydrogen-bond donors (Lipinski definition) is 2. The first-order chi connectivity index (χ1) is 10.6. The zero-order valence-corrected chi connectivity index (χ0v) is 13.2. The topological polar surface area (TPSA) is 58.6 Å².